The van der Waals surface area contributed by atoms with Gasteiger partial charge in [-0.15, -0.1) is 0 Å². The zero-order valence-electron chi connectivity index (χ0n) is 16.6. The monoisotopic (exact) mass is 417 g/mol. The lowest BCUT2D eigenvalue weighted by atomic mass is 10.1. The fourth-order valence-electron chi connectivity index (χ4n) is 2.67. The number of thioether (sulfide) groups is 1. The van der Waals surface area contributed by atoms with Crippen molar-refractivity contribution in [3.63, 3.8) is 0 Å². The molecule has 2 rings (SSSR count). The number of nitrogens with one attached hydrogen (secondary N) is 1. The minimum absolute atomic E-state index is 0.246. The van der Waals surface area contributed by atoms with Crippen LogP contribution in [0.1, 0.15) is 39.6 Å². The molecule has 0 heterocycles. The molecule has 0 aliphatic carbocycles. The molecule has 5 nitrogen and oxygen atoms in total. The van der Waals surface area contributed by atoms with E-state index in [-0.39, 0.29) is 11.5 Å². The molecular formula is C22H24FNO4S. The average molecular weight is 418 g/mol. The van der Waals surface area contributed by atoms with E-state index in [1.807, 2.05) is 19.2 Å². The highest BCUT2D eigenvalue weighted by atomic mass is 32.2. The predicted molar refractivity (Wildman–Crippen MR) is 112 cm³/mol. The van der Waals surface area contributed by atoms with Crippen molar-refractivity contribution in [3.8, 4) is 0 Å². The third kappa shape index (κ3) is 6.71. The molecule has 0 aliphatic rings. The smallest absolute Gasteiger partial charge is 0.329 e. The fraction of sp³-hybridized carbons (Fsp3) is 0.318. The highest BCUT2D eigenvalue weighted by molar-refractivity contribution is 7.98. The summed E-state index contributed by atoms with van der Waals surface area (Å²) < 4.78 is 18.3. The molecule has 2 aromatic rings. The highest BCUT2D eigenvalue weighted by Gasteiger charge is 2.27. The van der Waals surface area contributed by atoms with Gasteiger partial charge in [0.15, 0.2) is 6.10 Å². The number of aryl methyl sites for hydroxylation is 1. The molecule has 1 N–H and O–H groups in total. The van der Waals surface area contributed by atoms with E-state index in [2.05, 4.69) is 5.32 Å². The Kier molecular flexibility index (Phi) is 8.39. The molecule has 0 fully saturated rings. The fourth-order valence-corrected chi connectivity index (χ4v) is 3.14. The summed E-state index contributed by atoms with van der Waals surface area (Å²) in [5, 5.41) is 2.70. The number of amides is 1. The molecule has 2 aromatic carbocycles. The number of ether oxygens (including phenoxy) is 1. The lowest BCUT2D eigenvalue weighted by Gasteiger charge is -2.20. The van der Waals surface area contributed by atoms with Gasteiger partial charge in [0.25, 0.3) is 5.91 Å². The molecule has 0 saturated heterocycles. The minimum atomic E-state index is -1.05. The Morgan fingerprint density at radius 1 is 1.10 bits per heavy atom. The van der Waals surface area contributed by atoms with Gasteiger partial charge in [-0.1, -0.05) is 17.7 Å². The van der Waals surface area contributed by atoms with Gasteiger partial charge in [-0.3, -0.25) is 9.59 Å². The Balaban J connectivity index is 2.06. The topological polar surface area (TPSA) is 72.5 Å². The van der Waals surface area contributed by atoms with Crippen LogP contribution in [0.2, 0.25) is 0 Å². The van der Waals surface area contributed by atoms with Gasteiger partial charge in [-0.05, 0) is 68.7 Å². The second-order valence-corrected chi connectivity index (χ2v) is 7.61. The molecule has 0 spiro atoms. The van der Waals surface area contributed by atoms with E-state index < -0.39 is 29.7 Å². The minimum Gasteiger partial charge on any atom is -0.453 e. The Bertz CT molecular complexity index is 869. The van der Waals surface area contributed by atoms with E-state index in [1.54, 1.807) is 18.2 Å². The standard InChI is InChI=1S/C22H24FNO4S/c1-14-5-4-6-17(13-14)21(26)24-19(11-12-29-3)22(27)28-15(2)20(25)16-7-9-18(23)10-8-16/h4-10,13,15,19H,11-12H2,1-3H3,(H,24,26)/t15-,19-/m0/s1. The molecular weight excluding hydrogens is 393 g/mol. The van der Waals surface area contributed by atoms with Crippen molar-refractivity contribution in [1.82, 2.24) is 5.32 Å². The van der Waals surface area contributed by atoms with Crippen LogP contribution in [0.25, 0.3) is 0 Å². The Morgan fingerprint density at radius 3 is 2.41 bits per heavy atom. The summed E-state index contributed by atoms with van der Waals surface area (Å²) in [5.74, 6) is -1.32. The first-order valence-electron chi connectivity index (χ1n) is 9.18. The largest absolute Gasteiger partial charge is 0.453 e. The summed E-state index contributed by atoms with van der Waals surface area (Å²) in [6, 6.07) is 11.2. The summed E-state index contributed by atoms with van der Waals surface area (Å²) >= 11 is 1.53. The zero-order valence-corrected chi connectivity index (χ0v) is 17.4. The summed E-state index contributed by atoms with van der Waals surface area (Å²) in [6.07, 6.45) is 1.21. The number of ketones is 1. The number of benzene rings is 2. The van der Waals surface area contributed by atoms with E-state index in [9.17, 15) is 18.8 Å². The van der Waals surface area contributed by atoms with Crippen LogP contribution in [-0.2, 0) is 9.53 Å². The summed E-state index contributed by atoms with van der Waals surface area (Å²) in [7, 11) is 0. The van der Waals surface area contributed by atoms with Crippen LogP contribution in [0.5, 0.6) is 0 Å². The predicted octanol–water partition coefficient (Wildman–Crippen LogP) is 3.80. The number of esters is 1. The van der Waals surface area contributed by atoms with Crippen molar-refractivity contribution in [2.24, 2.45) is 0 Å². The molecule has 0 aromatic heterocycles. The maximum atomic E-state index is 13.0. The van der Waals surface area contributed by atoms with E-state index >= 15 is 0 Å². The van der Waals surface area contributed by atoms with Gasteiger partial charge in [0.1, 0.15) is 11.9 Å². The maximum absolute atomic E-state index is 13.0. The number of halogens is 1. The Morgan fingerprint density at radius 2 is 1.79 bits per heavy atom. The van der Waals surface area contributed by atoms with Crippen molar-refractivity contribution in [3.05, 3.63) is 71.0 Å². The third-order valence-electron chi connectivity index (χ3n) is 4.27. The Hall–Kier alpha value is -2.67. The number of carbonyl (C=O) groups excluding carboxylic acids is 3. The number of rotatable bonds is 9. The van der Waals surface area contributed by atoms with Crippen LogP contribution in [0, 0.1) is 12.7 Å². The SMILES string of the molecule is CSCC[C@H](NC(=O)c1cccc(C)c1)C(=O)O[C@@H](C)C(=O)c1ccc(F)cc1. The van der Waals surface area contributed by atoms with E-state index in [1.165, 1.54) is 43.0 Å². The average Bonchev–Trinajstić information content (AvgIpc) is 2.70. The van der Waals surface area contributed by atoms with Crippen LogP contribution in [0.3, 0.4) is 0 Å². The number of hydrogen-bond donors (Lipinski definition) is 1. The van der Waals surface area contributed by atoms with Crippen LogP contribution in [-0.4, -0.2) is 41.8 Å². The van der Waals surface area contributed by atoms with Crippen molar-refractivity contribution in [2.75, 3.05) is 12.0 Å². The van der Waals surface area contributed by atoms with Gasteiger partial charge in [-0.2, -0.15) is 11.8 Å². The number of Topliss-reactive ketones (excluding diaryl/α,β-unsaturated/α-hetero) is 1. The second kappa shape index (κ2) is 10.8. The third-order valence-corrected chi connectivity index (χ3v) is 4.92. The molecule has 1 amide bonds. The normalized spacial score (nSPS) is 12.7. The lowest BCUT2D eigenvalue weighted by molar-refractivity contribution is -0.148. The summed E-state index contributed by atoms with van der Waals surface area (Å²) in [6.45, 7) is 3.33. The molecule has 0 saturated carbocycles. The molecule has 7 heteroatoms. The van der Waals surface area contributed by atoms with Gasteiger partial charge >= 0.3 is 5.97 Å². The van der Waals surface area contributed by atoms with Crippen molar-refractivity contribution in [1.29, 1.82) is 0 Å². The molecule has 0 bridgehead atoms. The molecule has 0 unspecified atom stereocenters. The second-order valence-electron chi connectivity index (χ2n) is 6.63. The maximum Gasteiger partial charge on any atom is 0.329 e. The van der Waals surface area contributed by atoms with Crippen LogP contribution in [0.15, 0.2) is 48.5 Å². The highest BCUT2D eigenvalue weighted by Crippen LogP contribution is 2.12. The first kappa shape index (κ1) is 22.6. The van der Waals surface area contributed by atoms with Gasteiger partial charge < -0.3 is 10.1 Å². The number of hydrogen-bond acceptors (Lipinski definition) is 5. The molecule has 154 valence electrons. The van der Waals surface area contributed by atoms with Crippen LogP contribution in [0.4, 0.5) is 4.39 Å². The number of carbonyl (C=O) groups is 3. The first-order chi connectivity index (χ1) is 13.8. The van der Waals surface area contributed by atoms with Crippen LogP contribution >= 0.6 is 11.8 Å². The Labute approximate surface area is 174 Å². The molecule has 29 heavy (non-hydrogen) atoms. The lowest BCUT2D eigenvalue weighted by Crippen LogP contribution is -2.44. The van der Waals surface area contributed by atoms with Gasteiger partial charge in [0, 0.05) is 11.1 Å². The molecule has 0 aliphatic heterocycles. The molecule has 0 radical (unpaired) electrons. The van der Waals surface area contributed by atoms with Crippen molar-refractivity contribution < 1.29 is 23.5 Å². The van der Waals surface area contributed by atoms with E-state index in [0.717, 1.165) is 5.56 Å². The van der Waals surface area contributed by atoms with Gasteiger partial charge in [0.2, 0.25) is 5.78 Å². The van der Waals surface area contributed by atoms with Crippen LogP contribution < -0.4 is 5.32 Å². The van der Waals surface area contributed by atoms with Crippen molar-refractivity contribution >= 4 is 29.4 Å². The van der Waals surface area contributed by atoms with Gasteiger partial charge in [0.05, 0.1) is 0 Å². The summed E-state index contributed by atoms with van der Waals surface area (Å²) in [5.41, 5.74) is 1.62. The first-order valence-corrected chi connectivity index (χ1v) is 10.6. The van der Waals surface area contributed by atoms with E-state index in [4.69, 9.17) is 4.74 Å². The quantitative estimate of drug-likeness (QED) is 0.496. The zero-order chi connectivity index (χ0) is 21.4. The molecule has 2 atom stereocenters. The van der Waals surface area contributed by atoms with Crippen molar-refractivity contribution in [2.45, 2.75) is 32.4 Å². The van der Waals surface area contributed by atoms with E-state index in [0.29, 0.717) is 17.7 Å². The van der Waals surface area contributed by atoms with Gasteiger partial charge in [-0.25, -0.2) is 9.18 Å². The summed E-state index contributed by atoms with van der Waals surface area (Å²) in [4.78, 5) is 37.6.